The zero-order valence-electron chi connectivity index (χ0n) is 4.91. The van der Waals surface area contributed by atoms with Crippen LogP contribution in [0.1, 0.15) is 5.76 Å². The van der Waals surface area contributed by atoms with Crippen LogP contribution in [-0.4, -0.2) is 6.54 Å². The fraction of sp³-hybridized carbons (Fsp3) is 0.333. The average Bonchev–Trinajstić information content (AvgIpc) is 2.34. The van der Waals surface area contributed by atoms with Crippen molar-refractivity contribution >= 4 is 0 Å². The Kier molecular flexibility index (Phi) is 2.01. The molecule has 0 bridgehead atoms. The molecule has 0 fully saturated rings. The standard InChI is InChI=1S/C6H7NO2/c8-7-4-3-6-2-1-5-9-6/h1-2,5H,3-4H2. The van der Waals surface area contributed by atoms with Crippen LogP contribution < -0.4 is 0 Å². The first-order chi connectivity index (χ1) is 4.43. The van der Waals surface area contributed by atoms with Crippen LogP contribution in [0.15, 0.2) is 28.0 Å². The summed E-state index contributed by atoms with van der Waals surface area (Å²) in [5.74, 6) is 0.814. The molecule has 1 aromatic rings. The highest BCUT2D eigenvalue weighted by Gasteiger charge is 1.92. The molecule has 0 atom stereocenters. The second-order valence-corrected chi connectivity index (χ2v) is 1.68. The number of hydrogen-bond donors (Lipinski definition) is 0. The topological polar surface area (TPSA) is 42.6 Å². The summed E-state index contributed by atoms with van der Waals surface area (Å²) < 4.78 is 4.94. The van der Waals surface area contributed by atoms with Gasteiger partial charge in [0.2, 0.25) is 0 Å². The van der Waals surface area contributed by atoms with Gasteiger partial charge in [0.15, 0.2) is 0 Å². The van der Waals surface area contributed by atoms with Crippen LogP contribution in [0.4, 0.5) is 0 Å². The Morgan fingerprint density at radius 2 is 2.56 bits per heavy atom. The molecule has 0 N–H and O–H groups in total. The molecule has 48 valence electrons. The lowest BCUT2D eigenvalue weighted by Crippen LogP contribution is -1.83. The molecule has 9 heavy (non-hydrogen) atoms. The zero-order valence-corrected chi connectivity index (χ0v) is 4.91. The molecule has 0 aliphatic rings. The Bertz CT molecular complexity index is 169. The molecule has 0 aromatic carbocycles. The number of furan rings is 1. The van der Waals surface area contributed by atoms with Crippen molar-refractivity contribution in [2.24, 2.45) is 5.18 Å². The van der Waals surface area contributed by atoms with Gasteiger partial charge in [-0.1, -0.05) is 5.18 Å². The van der Waals surface area contributed by atoms with E-state index >= 15 is 0 Å². The van der Waals surface area contributed by atoms with Crippen molar-refractivity contribution in [1.29, 1.82) is 0 Å². The second-order valence-electron chi connectivity index (χ2n) is 1.68. The molecule has 0 radical (unpaired) electrons. The number of nitrogens with zero attached hydrogens (tertiary/aromatic N) is 1. The summed E-state index contributed by atoms with van der Waals surface area (Å²) in [5, 5.41) is 2.70. The quantitative estimate of drug-likeness (QED) is 0.575. The first-order valence-electron chi connectivity index (χ1n) is 2.75. The van der Waals surface area contributed by atoms with Gasteiger partial charge in [-0.05, 0) is 12.1 Å². The number of hydrogen-bond acceptors (Lipinski definition) is 3. The highest BCUT2D eigenvalue weighted by atomic mass is 16.3. The second kappa shape index (κ2) is 3.02. The SMILES string of the molecule is O=NCCc1ccco1. The van der Waals surface area contributed by atoms with E-state index in [1.165, 1.54) is 0 Å². The Morgan fingerprint density at radius 1 is 1.67 bits per heavy atom. The molecule has 0 amide bonds. The van der Waals surface area contributed by atoms with E-state index in [2.05, 4.69) is 5.18 Å². The fourth-order valence-electron chi connectivity index (χ4n) is 0.611. The van der Waals surface area contributed by atoms with Gasteiger partial charge in [0.1, 0.15) is 5.76 Å². The highest BCUT2D eigenvalue weighted by Crippen LogP contribution is 1.99. The van der Waals surface area contributed by atoms with Crippen LogP contribution in [0.5, 0.6) is 0 Å². The Labute approximate surface area is 52.7 Å². The maximum Gasteiger partial charge on any atom is 0.105 e. The molecule has 0 saturated heterocycles. The molecule has 0 saturated carbocycles. The molecule has 0 aliphatic heterocycles. The van der Waals surface area contributed by atoms with Crippen molar-refractivity contribution in [1.82, 2.24) is 0 Å². The van der Waals surface area contributed by atoms with Crippen LogP contribution >= 0.6 is 0 Å². The van der Waals surface area contributed by atoms with Crippen molar-refractivity contribution in [3.63, 3.8) is 0 Å². The smallest absolute Gasteiger partial charge is 0.105 e. The number of rotatable bonds is 3. The third kappa shape index (κ3) is 1.68. The van der Waals surface area contributed by atoms with E-state index in [9.17, 15) is 4.91 Å². The van der Waals surface area contributed by atoms with Gasteiger partial charge >= 0.3 is 0 Å². The molecule has 0 unspecified atom stereocenters. The summed E-state index contributed by atoms with van der Waals surface area (Å²) >= 11 is 0. The van der Waals surface area contributed by atoms with E-state index in [-0.39, 0.29) is 0 Å². The Morgan fingerprint density at radius 3 is 3.11 bits per heavy atom. The molecule has 1 heterocycles. The van der Waals surface area contributed by atoms with Crippen LogP contribution in [0.25, 0.3) is 0 Å². The lowest BCUT2D eigenvalue weighted by Gasteiger charge is -1.84. The van der Waals surface area contributed by atoms with E-state index in [0.717, 1.165) is 5.76 Å². The lowest BCUT2D eigenvalue weighted by molar-refractivity contribution is 0.511. The first kappa shape index (κ1) is 6.01. The monoisotopic (exact) mass is 125 g/mol. The highest BCUT2D eigenvalue weighted by molar-refractivity contribution is 4.98. The van der Waals surface area contributed by atoms with Crippen molar-refractivity contribution in [3.05, 3.63) is 29.1 Å². The zero-order chi connectivity index (χ0) is 6.53. The minimum Gasteiger partial charge on any atom is -0.469 e. The van der Waals surface area contributed by atoms with E-state index in [0.29, 0.717) is 13.0 Å². The summed E-state index contributed by atoms with van der Waals surface area (Å²) in [6, 6.07) is 3.62. The van der Waals surface area contributed by atoms with E-state index < -0.39 is 0 Å². The van der Waals surface area contributed by atoms with E-state index in [1.807, 2.05) is 6.07 Å². The predicted octanol–water partition coefficient (Wildman–Crippen LogP) is 1.59. The lowest BCUT2D eigenvalue weighted by atomic mass is 10.3. The van der Waals surface area contributed by atoms with Crippen LogP contribution in [0, 0.1) is 4.91 Å². The van der Waals surface area contributed by atoms with Crippen molar-refractivity contribution < 1.29 is 4.42 Å². The summed E-state index contributed by atoms with van der Waals surface area (Å²) in [6.45, 7) is 0.299. The first-order valence-corrected chi connectivity index (χ1v) is 2.75. The molecule has 0 aliphatic carbocycles. The molecular formula is C6H7NO2. The van der Waals surface area contributed by atoms with Gasteiger partial charge in [0.05, 0.1) is 12.8 Å². The van der Waals surface area contributed by atoms with Gasteiger partial charge in [-0.15, -0.1) is 0 Å². The normalized spacial score (nSPS) is 9.33. The summed E-state index contributed by atoms with van der Waals surface area (Å²) in [4.78, 5) is 9.61. The fourth-order valence-corrected chi connectivity index (χ4v) is 0.611. The van der Waals surface area contributed by atoms with Gasteiger partial charge in [-0.2, -0.15) is 4.91 Å². The van der Waals surface area contributed by atoms with Crippen molar-refractivity contribution in [2.75, 3.05) is 6.54 Å². The van der Waals surface area contributed by atoms with Crippen molar-refractivity contribution in [2.45, 2.75) is 6.42 Å². The minimum absolute atomic E-state index is 0.299. The summed E-state index contributed by atoms with van der Waals surface area (Å²) in [5.41, 5.74) is 0. The van der Waals surface area contributed by atoms with Crippen LogP contribution in [-0.2, 0) is 6.42 Å². The van der Waals surface area contributed by atoms with Gasteiger partial charge in [-0.3, -0.25) is 0 Å². The molecule has 1 rings (SSSR count). The van der Waals surface area contributed by atoms with Crippen LogP contribution in [0.3, 0.4) is 0 Å². The third-order valence-corrected chi connectivity index (χ3v) is 1.03. The van der Waals surface area contributed by atoms with E-state index in [1.54, 1.807) is 12.3 Å². The van der Waals surface area contributed by atoms with Gasteiger partial charge < -0.3 is 4.42 Å². The molecular weight excluding hydrogens is 118 g/mol. The third-order valence-electron chi connectivity index (χ3n) is 1.03. The molecule has 3 nitrogen and oxygen atoms in total. The van der Waals surface area contributed by atoms with Crippen LogP contribution in [0.2, 0.25) is 0 Å². The van der Waals surface area contributed by atoms with Gasteiger partial charge in [-0.25, -0.2) is 0 Å². The predicted molar refractivity (Wildman–Crippen MR) is 33.1 cm³/mol. The minimum atomic E-state index is 0.299. The average molecular weight is 125 g/mol. The van der Waals surface area contributed by atoms with Gasteiger partial charge in [0.25, 0.3) is 0 Å². The molecule has 0 spiro atoms. The van der Waals surface area contributed by atoms with E-state index in [4.69, 9.17) is 4.42 Å². The molecule has 1 aromatic heterocycles. The largest absolute Gasteiger partial charge is 0.469 e. The van der Waals surface area contributed by atoms with Crippen molar-refractivity contribution in [3.8, 4) is 0 Å². The van der Waals surface area contributed by atoms with Gasteiger partial charge in [0, 0.05) is 6.42 Å². The Hall–Kier alpha value is -1.12. The number of nitroso groups, excluding NO2 is 1. The summed E-state index contributed by atoms with van der Waals surface area (Å²) in [6.07, 6.45) is 2.19. The Balaban J connectivity index is 2.38. The maximum atomic E-state index is 9.61. The maximum absolute atomic E-state index is 9.61. The molecule has 3 heteroatoms. The summed E-state index contributed by atoms with van der Waals surface area (Å²) in [7, 11) is 0.